The molecule has 3 aliphatic rings. The topological polar surface area (TPSA) is 50.8 Å². The van der Waals surface area contributed by atoms with Crippen molar-refractivity contribution >= 4 is 6.09 Å². The second-order valence-electron chi connectivity index (χ2n) is 7.14. The summed E-state index contributed by atoms with van der Waals surface area (Å²) in [4.78, 5) is 14.6. The van der Waals surface area contributed by atoms with Crippen molar-refractivity contribution in [2.24, 2.45) is 5.92 Å². The fourth-order valence-corrected chi connectivity index (χ4v) is 4.50. The summed E-state index contributed by atoms with van der Waals surface area (Å²) in [6, 6.07) is 0.184. The molecular formula is C17H30N2O3. The second kappa shape index (κ2) is 7.18. The highest BCUT2D eigenvalue weighted by Gasteiger charge is 2.53. The van der Waals surface area contributed by atoms with Gasteiger partial charge in [0, 0.05) is 33.1 Å². The van der Waals surface area contributed by atoms with Gasteiger partial charge in [0.1, 0.15) is 5.60 Å². The third kappa shape index (κ3) is 3.25. The Morgan fingerprint density at radius 2 is 2.00 bits per heavy atom. The highest BCUT2D eigenvalue weighted by molar-refractivity contribution is 5.71. The fraction of sp³-hybridized carbons (Fsp3) is 0.941. The van der Waals surface area contributed by atoms with Crippen LogP contribution in [-0.2, 0) is 9.47 Å². The Kier molecular flexibility index (Phi) is 5.24. The summed E-state index contributed by atoms with van der Waals surface area (Å²) in [6.45, 7) is 3.45. The molecule has 0 aromatic carbocycles. The Morgan fingerprint density at radius 3 is 2.68 bits per heavy atom. The zero-order valence-corrected chi connectivity index (χ0v) is 13.8. The van der Waals surface area contributed by atoms with Crippen molar-refractivity contribution in [3.63, 3.8) is 0 Å². The minimum atomic E-state index is -0.282. The van der Waals surface area contributed by atoms with Gasteiger partial charge in [-0.3, -0.25) is 0 Å². The van der Waals surface area contributed by atoms with Crippen LogP contribution in [0.15, 0.2) is 0 Å². The minimum Gasteiger partial charge on any atom is -0.440 e. The van der Waals surface area contributed by atoms with Gasteiger partial charge in [0.15, 0.2) is 0 Å². The molecule has 2 heterocycles. The zero-order valence-electron chi connectivity index (χ0n) is 13.8. The first-order valence-corrected chi connectivity index (χ1v) is 8.94. The van der Waals surface area contributed by atoms with Crippen molar-refractivity contribution < 1.29 is 14.3 Å². The fourth-order valence-electron chi connectivity index (χ4n) is 4.50. The summed E-state index contributed by atoms with van der Waals surface area (Å²) in [6.07, 6.45) is 9.14. The van der Waals surface area contributed by atoms with Gasteiger partial charge in [0.2, 0.25) is 0 Å². The number of amides is 1. The SMILES string of the molecule is COCCC1N(CC2CCCCC2)C(=O)OC12CCNCC2. The molecule has 3 rings (SSSR count). The third-order valence-electron chi connectivity index (χ3n) is 5.73. The van der Waals surface area contributed by atoms with E-state index in [4.69, 9.17) is 9.47 Å². The number of hydrogen-bond acceptors (Lipinski definition) is 4. The monoisotopic (exact) mass is 310 g/mol. The number of nitrogens with zero attached hydrogens (tertiary/aromatic N) is 1. The number of methoxy groups -OCH3 is 1. The van der Waals surface area contributed by atoms with Crippen LogP contribution in [0.4, 0.5) is 4.79 Å². The van der Waals surface area contributed by atoms with Gasteiger partial charge < -0.3 is 19.7 Å². The molecule has 22 heavy (non-hydrogen) atoms. The molecular weight excluding hydrogens is 280 g/mol. The molecule has 0 aromatic heterocycles. The molecule has 126 valence electrons. The van der Waals surface area contributed by atoms with Crippen molar-refractivity contribution in [3.05, 3.63) is 0 Å². The smallest absolute Gasteiger partial charge is 0.410 e. The summed E-state index contributed by atoms with van der Waals surface area (Å²) in [5.74, 6) is 0.656. The molecule has 5 nitrogen and oxygen atoms in total. The Balaban J connectivity index is 1.72. The molecule has 5 heteroatoms. The van der Waals surface area contributed by atoms with Gasteiger partial charge >= 0.3 is 6.09 Å². The van der Waals surface area contributed by atoms with Gasteiger partial charge in [-0.15, -0.1) is 0 Å². The molecule has 2 aliphatic heterocycles. The van der Waals surface area contributed by atoms with E-state index < -0.39 is 0 Å². The number of carbonyl (C=O) groups is 1. The molecule has 1 aliphatic carbocycles. The van der Waals surface area contributed by atoms with Crippen LogP contribution in [0.5, 0.6) is 0 Å². The Labute approximate surface area is 133 Å². The molecule has 1 spiro atoms. The van der Waals surface area contributed by atoms with E-state index in [9.17, 15) is 4.79 Å². The Hall–Kier alpha value is -0.810. The third-order valence-corrected chi connectivity index (χ3v) is 5.73. The maximum Gasteiger partial charge on any atom is 0.410 e. The maximum absolute atomic E-state index is 12.5. The lowest BCUT2D eigenvalue weighted by atomic mass is 9.82. The van der Waals surface area contributed by atoms with Crippen LogP contribution in [-0.4, -0.2) is 56.0 Å². The van der Waals surface area contributed by atoms with Crippen molar-refractivity contribution in [1.29, 1.82) is 0 Å². The molecule has 2 saturated heterocycles. The van der Waals surface area contributed by atoms with E-state index >= 15 is 0 Å². The van der Waals surface area contributed by atoms with Gasteiger partial charge in [-0.25, -0.2) is 4.79 Å². The normalized spacial score (nSPS) is 29.0. The summed E-state index contributed by atoms with van der Waals surface area (Å²) in [5, 5.41) is 3.38. The lowest BCUT2D eigenvalue weighted by molar-refractivity contribution is -0.00127. The van der Waals surface area contributed by atoms with E-state index in [2.05, 4.69) is 5.32 Å². The largest absolute Gasteiger partial charge is 0.440 e. The maximum atomic E-state index is 12.5. The number of nitrogens with one attached hydrogen (secondary N) is 1. The van der Waals surface area contributed by atoms with Gasteiger partial charge in [-0.1, -0.05) is 19.3 Å². The minimum absolute atomic E-state index is 0.0893. The molecule has 0 bridgehead atoms. The van der Waals surface area contributed by atoms with E-state index in [1.807, 2.05) is 4.90 Å². The van der Waals surface area contributed by atoms with Crippen molar-refractivity contribution in [2.75, 3.05) is 33.4 Å². The van der Waals surface area contributed by atoms with Crippen LogP contribution in [0.1, 0.15) is 51.4 Å². The van der Waals surface area contributed by atoms with E-state index in [1.165, 1.54) is 32.1 Å². The lowest BCUT2D eigenvalue weighted by Gasteiger charge is -2.38. The predicted octanol–water partition coefficient (Wildman–Crippen LogP) is 2.55. The number of piperidine rings is 1. The summed E-state index contributed by atoms with van der Waals surface area (Å²) >= 11 is 0. The first-order chi connectivity index (χ1) is 10.7. The van der Waals surface area contributed by atoms with E-state index in [0.29, 0.717) is 12.5 Å². The number of ether oxygens (including phenoxy) is 2. The first-order valence-electron chi connectivity index (χ1n) is 8.94. The van der Waals surface area contributed by atoms with Crippen molar-refractivity contribution in [3.8, 4) is 0 Å². The van der Waals surface area contributed by atoms with Crippen LogP contribution in [0, 0.1) is 5.92 Å². The van der Waals surface area contributed by atoms with E-state index in [1.54, 1.807) is 7.11 Å². The Bertz CT molecular complexity index is 376. The van der Waals surface area contributed by atoms with Crippen LogP contribution in [0.2, 0.25) is 0 Å². The molecule has 1 atom stereocenters. The standard InChI is InChI=1S/C17H30N2O3/c1-21-12-7-15-17(8-10-18-11-9-17)22-16(20)19(15)13-14-5-3-2-4-6-14/h14-15,18H,2-13H2,1H3. The van der Waals surface area contributed by atoms with Gasteiger partial charge in [-0.2, -0.15) is 0 Å². The van der Waals surface area contributed by atoms with Gasteiger partial charge in [0.25, 0.3) is 0 Å². The number of rotatable bonds is 5. The molecule has 3 fully saturated rings. The van der Waals surface area contributed by atoms with Crippen LogP contribution < -0.4 is 5.32 Å². The molecule has 1 unspecified atom stereocenters. The summed E-state index contributed by atoms with van der Waals surface area (Å²) in [7, 11) is 1.73. The molecule has 0 aromatic rings. The van der Waals surface area contributed by atoms with Crippen molar-refractivity contribution in [2.45, 2.75) is 63.0 Å². The van der Waals surface area contributed by atoms with Crippen LogP contribution >= 0.6 is 0 Å². The molecule has 1 saturated carbocycles. The zero-order chi connectivity index (χ0) is 15.4. The average Bonchev–Trinajstić information content (AvgIpc) is 2.78. The second-order valence-corrected chi connectivity index (χ2v) is 7.14. The average molecular weight is 310 g/mol. The predicted molar refractivity (Wildman–Crippen MR) is 84.9 cm³/mol. The number of carbonyl (C=O) groups excluding carboxylic acids is 1. The van der Waals surface area contributed by atoms with E-state index in [0.717, 1.165) is 38.9 Å². The molecule has 1 N–H and O–H groups in total. The Morgan fingerprint density at radius 1 is 1.27 bits per heavy atom. The van der Waals surface area contributed by atoms with Gasteiger partial charge in [0.05, 0.1) is 6.04 Å². The van der Waals surface area contributed by atoms with Crippen LogP contribution in [0.25, 0.3) is 0 Å². The number of hydrogen-bond donors (Lipinski definition) is 1. The quantitative estimate of drug-likeness (QED) is 0.848. The first kappa shape index (κ1) is 16.1. The summed E-state index contributed by atoms with van der Waals surface area (Å²) in [5.41, 5.74) is -0.282. The van der Waals surface area contributed by atoms with Crippen LogP contribution in [0.3, 0.4) is 0 Å². The van der Waals surface area contributed by atoms with Gasteiger partial charge in [-0.05, 0) is 38.3 Å². The highest BCUT2D eigenvalue weighted by Crippen LogP contribution is 2.40. The summed E-state index contributed by atoms with van der Waals surface area (Å²) < 4.78 is 11.2. The van der Waals surface area contributed by atoms with E-state index in [-0.39, 0.29) is 17.7 Å². The van der Waals surface area contributed by atoms with Crippen molar-refractivity contribution in [1.82, 2.24) is 10.2 Å². The molecule has 1 amide bonds. The highest BCUT2D eigenvalue weighted by atomic mass is 16.6. The lowest BCUT2D eigenvalue weighted by Crippen LogP contribution is -2.52. The molecule has 0 radical (unpaired) electrons.